The number of aldehydes is 1. The Morgan fingerprint density at radius 2 is 1.83 bits per heavy atom. The van der Waals surface area contributed by atoms with Gasteiger partial charge < -0.3 is 10.0 Å². The van der Waals surface area contributed by atoms with Crippen molar-refractivity contribution in [3.8, 4) is 0 Å². The molecule has 120 valence electrons. The maximum atomic E-state index is 12.9. The lowest BCUT2D eigenvalue weighted by molar-refractivity contribution is 0.0980. The van der Waals surface area contributed by atoms with Crippen molar-refractivity contribution in [2.75, 3.05) is 18.1 Å². The Bertz CT molecular complexity index is 870. The number of aliphatic hydroxyl groups excluding tert-OH is 1. The zero-order chi connectivity index (χ0) is 16.9. The van der Waals surface area contributed by atoms with E-state index in [1.165, 1.54) is 4.90 Å². The smallest absolute Gasteiger partial charge is 0.258 e. The summed E-state index contributed by atoms with van der Waals surface area (Å²) in [6, 6.07) is 15.7. The van der Waals surface area contributed by atoms with Crippen LogP contribution >= 0.6 is 0 Å². The van der Waals surface area contributed by atoms with E-state index < -0.39 is 0 Å². The minimum Gasteiger partial charge on any atom is -0.395 e. The molecule has 2 aromatic carbocycles. The van der Waals surface area contributed by atoms with E-state index in [1.54, 1.807) is 30.5 Å². The average Bonchev–Trinajstić information content (AvgIpc) is 2.65. The highest BCUT2D eigenvalue weighted by Crippen LogP contribution is 2.26. The number of nitrogens with zero attached hydrogens (tertiary/aromatic N) is 2. The molecule has 24 heavy (non-hydrogen) atoms. The molecule has 1 aromatic heterocycles. The van der Waals surface area contributed by atoms with Gasteiger partial charge in [-0.2, -0.15) is 0 Å². The summed E-state index contributed by atoms with van der Waals surface area (Å²) in [6.07, 6.45) is 2.40. The molecule has 1 heterocycles. The van der Waals surface area contributed by atoms with Crippen LogP contribution in [-0.2, 0) is 0 Å². The number of hydrogen-bond donors (Lipinski definition) is 1. The SMILES string of the molecule is O=Cc1ccc(C(=O)N(CCO)c2cccc3cccnc23)cc1. The fourth-order valence-corrected chi connectivity index (χ4v) is 2.60. The van der Waals surface area contributed by atoms with Crippen LogP contribution < -0.4 is 4.90 Å². The highest BCUT2D eigenvalue weighted by Gasteiger charge is 2.19. The van der Waals surface area contributed by atoms with Crippen molar-refractivity contribution >= 4 is 28.8 Å². The summed E-state index contributed by atoms with van der Waals surface area (Å²) < 4.78 is 0. The van der Waals surface area contributed by atoms with Gasteiger partial charge in [0.25, 0.3) is 5.91 Å². The Labute approximate surface area is 139 Å². The van der Waals surface area contributed by atoms with E-state index in [0.717, 1.165) is 11.7 Å². The molecule has 5 heteroatoms. The summed E-state index contributed by atoms with van der Waals surface area (Å²) in [5.74, 6) is -0.250. The first-order valence-corrected chi connectivity index (χ1v) is 7.56. The number of carbonyl (C=O) groups excluding carboxylic acids is 2. The number of benzene rings is 2. The zero-order valence-corrected chi connectivity index (χ0v) is 12.9. The molecule has 0 unspecified atom stereocenters. The van der Waals surface area contributed by atoms with Crippen molar-refractivity contribution in [1.82, 2.24) is 4.98 Å². The van der Waals surface area contributed by atoms with Gasteiger partial charge in [0.2, 0.25) is 0 Å². The molecule has 0 fully saturated rings. The van der Waals surface area contributed by atoms with E-state index in [-0.39, 0.29) is 19.1 Å². The zero-order valence-electron chi connectivity index (χ0n) is 12.9. The highest BCUT2D eigenvalue weighted by atomic mass is 16.3. The Morgan fingerprint density at radius 1 is 1.08 bits per heavy atom. The topological polar surface area (TPSA) is 70.5 Å². The van der Waals surface area contributed by atoms with Crippen molar-refractivity contribution < 1.29 is 14.7 Å². The molecule has 0 spiro atoms. The van der Waals surface area contributed by atoms with Crippen molar-refractivity contribution in [1.29, 1.82) is 0 Å². The van der Waals surface area contributed by atoms with Gasteiger partial charge in [-0.1, -0.05) is 30.3 Å². The van der Waals surface area contributed by atoms with Crippen LogP contribution in [0.4, 0.5) is 5.69 Å². The number of para-hydroxylation sites is 1. The molecular formula is C19H16N2O3. The Kier molecular flexibility index (Phi) is 4.63. The van der Waals surface area contributed by atoms with Crippen molar-refractivity contribution in [3.05, 3.63) is 71.9 Å². The van der Waals surface area contributed by atoms with Gasteiger partial charge in [-0.3, -0.25) is 14.6 Å². The average molecular weight is 320 g/mol. The third-order valence-electron chi connectivity index (χ3n) is 3.76. The largest absolute Gasteiger partial charge is 0.395 e. The van der Waals surface area contributed by atoms with Gasteiger partial charge in [0, 0.05) is 29.3 Å². The van der Waals surface area contributed by atoms with Crippen molar-refractivity contribution in [2.24, 2.45) is 0 Å². The molecule has 0 bridgehead atoms. The fraction of sp³-hybridized carbons (Fsp3) is 0.105. The Hall–Kier alpha value is -3.05. The van der Waals surface area contributed by atoms with E-state index >= 15 is 0 Å². The third-order valence-corrected chi connectivity index (χ3v) is 3.76. The monoisotopic (exact) mass is 320 g/mol. The summed E-state index contributed by atoms with van der Waals surface area (Å²) in [5.41, 5.74) is 2.30. The predicted octanol–water partition coefficient (Wildman–Crippen LogP) is 2.69. The molecule has 0 atom stereocenters. The molecule has 3 aromatic rings. The lowest BCUT2D eigenvalue weighted by atomic mass is 10.1. The van der Waals surface area contributed by atoms with Gasteiger partial charge in [-0.15, -0.1) is 0 Å². The van der Waals surface area contributed by atoms with Crippen LogP contribution in [-0.4, -0.2) is 35.4 Å². The number of carbonyl (C=O) groups is 2. The summed E-state index contributed by atoms with van der Waals surface area (Å²) in [7, 11) is 0. The quantitative estimate of drug-likeness (QED) is 0.734. The summed E-state index contributed by atoms with van der Waals surface area (Å²) in [6.45, 7) is -0.00860. The van der Waals surface area contributed by atoms with E-state index in [9.17, 15) is 14.7 Å². The van der Waals surface area contributed by atoms with Crippen LogP contribution in [0.1, 0.15) is 20.7 Å². The Morgan fingerprint density at radius 3 is 2.54 bits per heavy atom. The number of fused-ring (bicyclic) bond motifs is 1. The van der Waals surface area contributed by atoms with Crippen LogP contribution in [0, 0.1) is 0 Å². The summed E-state index contributed by atoms with van der Waals surface area (Å²) in [4.78, 5) is 29.5. The summed E-state index contributed by atoms with van der Waals surface area (Å²) in [5, 5.41) is 10.3. The second-order valence-corrected chi connectivity index (χ2v) is 5.27. The number of anilines is 1. The molecule has 0 aliphatic heterocycles. The maximum absolute atomic E-state index is 12.9. The molecule has 1 N–H and O–H groups in total. The summed E-state index contributed by atoms with van der Waals surface area (Å²) >= 11 is 0. The molecule has 0 saturated heterocycles. The lowest BCUT2D eigenvalue weighted by Gasteiger charge is -2.23. The molecule has 5 nitrogen and oxygen atoms in total. The normalized spacial score (nSPS) is 10.5. The van der Waals surface area contributed by atoms with E-state index in [2.05, 4.69) is 4.98 Å². The first kappa shape index (κ1) is 15.8. The number of rotatable bonds is 5. The fourth-order valence-electron chi connectivity index (χ4n) is 2.60. The van der Waals surface area contributed by atoms with E-state index in [1.807, 2.05) is 30.3 Å². The molecule has 3 rings (SSSR count). The van der Waals surface area contributed by atoms with Crippen LogP contribution in [0.2, 0.25) is 0 Å². The second-order valence-electron chi connectivity index (χ2n) is 5.27. The van der Waals surface area contributed by atoms with Gasteiger partial charge in [0.1, 0.15) is 6.29 Å². The number of pyridine rings is 1. The highest BCUT2D eigenvalue weighted by molar-refractivity contribution is 6.10. The van der Waals surface area contributed by atoms with E-state index in [0.29, 0.717) is 22.3 Å². The number of aromatic nitrogens is 1. The number of aliphatic hydroxyl groups is 1. The van der Waals surface area contributed by atoms with Crippen LogP contribution in [0.3, 0.4) is 0 Å². The number of hydrogen-bond acceptors (Lipinski definition) is 4. The van der Waals surface area contributed by atoms with Crippen molar-refractivity contribution in [3.63, 3.8) is 0 Å². The standard InChI is InChI=1S/C19H16N2O3/c22-12-11-21(19(24)16-8-6-14(13-23)7-9-16)17-5-1-3-15-4-2-10-20-18(15)17/h1-10,13,22H,11-12H2. The van der Waals surface area contributed by atoms with Gasteiger partial charge in [0.05, 0.1) is 17.8 Å². The van der Waals surface area contributed by atoms with Gasteiger partial charge in [-0.05, 0) is 24.3 Å². The van der Waals surface area contributed by atoms with Crippen LogP contribution in [0.15, 0.2) is 60.8 Å². The molecular weight excluding hydrogens is 304 g/mol. The molecule has 0 aliphatic carbocycles. The predicted molar refractivity (Wildman–Crippen MR) is 92.3 cm³/mol. The minimum atomic E-state index is -0.250. The Balaban J connectivity index is 2.04. The molecule has 1 amide bonds. The maximum Gasteiger partial charge on any atom is 0.258 e. The van der Waals surface area contributed by atoms with Gasteiger partial charge >= 0.3 is 0 Å². The first-order chi connectivity index (χ1) is 11.7. The van der Waals surface area contributed by atoms with Gasteiger partial charge in [-0.25, -0.2) is 0 Å². The van der Waals surface area contributed by atoms with Crippen LogP contribution in [0.25, 0.3) is 10.9 Å². The number of amides is 1. The second kappa shape index (κ2) is 7.02. The van der Waals surface area contributed by atoms with Crippen LogP contribution in [0.5, 0.6) is 0 Å². The molecule has 0 saturated carbocycles. The third kappa shape index (κ3) is 3.02. The molecule has 0 radical (unpaired) electrons. The van der Waals surface area contributed by atoms with Crippen molar-refractivity contribution in [2.45, 2.75) is 0 Å². The van der Waals surface area contributed by atoms with E-state index in [4.69, 9.17) is 0 Å². The lowest BCUT2D eigenvalue weighted by Crippen LogP contribution is -2.33. The minimum absolute atomic E-state index is 0.157. The molecule has 0 aliphatic rings. The van der Waals surface area contributed by atoms with Gasteiger partial charge in [0.15, 0.2) is 0 Å². The first-order valence-electron chi connectivity index (χ1n) is 7.56.